The highest BCUT2D eigenvalue weighted by atomic mass is 32.2. The minimum atomic E-state index is 0.366. The van der Waals surface area contributed by atoms with Gasteiger partial charge in [-0.15, -0.1) is 0 Å². The van der Waals surface area contributed by atoms with Crippen LogP contribution in [0.2, 0.25) is 0 Å². The molecule has 0 amide bonds. The van der Waals surface area contributed by atoms with E-state index in [4.69, 9.17) is 5.73 Å². The van der Waals surface area contributed by atoms with Crippen LogP contribution in [0.5, 0.6) is 0 Å². The number of nitrogens with two attached hydrogens (primary N) is 1. The van der Waals surface area contributed by atoms with Crippen LogP contribution in [0.3, 0.4) is 0 Å². The van der Waals surface area contributed by atoms with E-state index in [1.165, 1.54) is 29.1 Å². The molecule has 18 heavy (non-hydrogen) atoms. The van der Waals surface area contributed by atoms with Gasteiger partial charge in [0.15, 0.2) is 0 Å². The third-order valence-electron chi connectivity index (χ3n) is 3.99. The van der Waals surface area contributed by atoms with Crippen LogP contribution in [-0.2, 0) is 6.42 Å². The molecule has 1 aliphatic heterocycles. The van der Waals surface area contributed by atoms with E-state index < -0.39 is 0 Å². The van der Waals surface area contributed by atoms with E-state index in [2.05, 4.69) is 54.9 Å². The maximum Gasteiger partial charge on any atom is 0.0473 e. The first kappa shape index (κ1) is 13.9. The first-order chi connectivity index (χ1) is 8.77. The molecule has 0 saturated carbocycles. The highest BCUT2D eigenvalue weighted by Gasteiger charge is 2.27. The van der Waals surface area contributed by atoms with E-state index in [9.17, 15) is 0 Å². The summed E-state index contributed by atoms with van der Waals surface area (Å²) < 4.78 is 0. The number of aryl methyl sites for hydroxylation is 1. The SMILES string of the molecule is CCc1ccccc1C(CN)N(C)C1CCSC1. The van der Waals surface area contributed by atoms with E-state index in [1.807, 2.05) is 0 Å². The second-order valence-electron chi connectivity index (χ2n) is 4.99. The monoisotopic (exact) mass is 264 g/mol. The molecule has 1 heterocycles. The van der Waals surface area contributed by atoms with Gasteiger partial charge in [-0.3, -0.25) is 4.90 Å². The van der Waals surface area contributed by atoms with Crippen molar-refractivity contribution in [2.24, 2.45) is 5.73 Å². The van der Waals surface area contributed by atoms with Gasteiger partial charge in [0.2, 0.25) is 0 Å². The Balaban J connectivity index is 2.21. The van der Waals surface area contributed by atoms with Gasteiger partial charge in [0, 0.05) is 24.4 Å². The van der Waals surface area contributed by atoms with E-state index in [0.29, 0.717) is 18.6 Å². The predicted molar refractivity (Wildman–Crippen MR) is 81.1 cm³/mol. The highest BCUT2D eigenvalue weighted by Crippen LogP contribution is 2.29. The fourth-order valence-corrected chi connectivity index (χ4v) is 4.07. The molecule has 0 aromatic heterocycles. The van der Waals surface area contributed by atoms with Crippen molar-refractivity contribution in [1.82, 2.24) is 4.90 Å². The lowest BCUT2D eigenvalue weighted by Gasteiger charge is -2.33. The molecule has 0 radical (unpaired) electrons. The van der Waals surface area contributed by atoms with E-state index in [0.717, 1.165) is 6.42 Å². The molecule has 2 unspecified atom stereocenters. The van der Waals surface area contributed by atoms with Gasteiger partial charge in [-0.1, -0.05) is 31.2 Å². The van der Waals surface area contributed by atoms with Gasteiger partial charge in [-0.05, 0) is 36.8 Å². The summed E-state index contributed by atoms with van der Waals surface area (Å²) in [6, 6.07) is 9.79. The highest BCUT2D eigenvalue weighted by molar-refractivity contribution is 7.99. The Kier molecular flexibility index (Phi) is 5.10. The van der Waals surface area contributed by atoms with Crippen LogP contribution in [0.4, 0.5) is 0 Å². The van der Waals surface area contributed by atoms with Gasteiger partial charge in [0.1, 0.15) is 0 Å². The molecule has 1 aliphatic rings. The Morgan fingerprint density at radius 1 is 1.44 bits per heavy atom. The maximum absolute atomic E-state index is 6.05. The quantitative estimate of drug-likeness (QED) is 0.886. The van der Waals surface area contributed by atoms with Crippen LogP contribution in [-0.4, -0.2) is 36.0 Å². The third kappa shape index (κ3) is 2.90. The standard InChI is InChI=1S/C15H24N2S/c1-3-12-6-4-5-7-14(12)15(10-16)17(2)13-8-9-18-11-13/h4-7,13,15H,3,8-11,16H2,1-2H3. The number of benzene rings is 1. The van der Waals surface area contributed by atoms with Crippen molar-refractivity contribution in [2.45, 2.75) is 31.8 Å². The zero-order valence-electron chi connectivity index (χ0n) is 11.4. The van der Waals surface area contributed by atoms with Crippen LogP contribution >= 0.6 is 11.8 Å². The number of nitrogens with zero attached hydrogens (tertiary/aromatic N) is 1. The Bertz CT molecular complexity index is 375. The van der Waals surface area contributed by atoms with Gasteiger partial charge in [-0.2, -0.15) is 11.8 Å². The lowest BCUT2D eigenvalue weighted by atomic mass is 9.96. The van der Waals surface area contributed by atoms with Crippen molar-refractivity contribution in [1.29, 1.82) is 0 Å². The number of rotatable bonds is 5. The summed E-state index contributed by atoms with van der Waals surface area (Å²) in [6.45, 7) is 2.92. The van der Waals surface area contributed by atoms with Crippen LogP contribution < -0.4 is 5.73 Å². The zero-order chi connectivity index (χ0) is 13.0. The first-order valence-corrected chi connectivity index (χ1v) is 8.01. The molecule has 100 valence electrons. The smallest absolute Gasteiger partial charge is 0.0473 e. The number of thioether (sulfide) groups is 1. The molecular formula is C15H24N2S. The van der Waals surface area contributed by atoms with Crippen LogP contribution in [0, 0.1) is 0 Å². The van der Waals surface area contributed by atoms with Gasteiger partial charge >= 0.3 is 0 Å². The average Bonchev–Trinajstić information content (AvgIpc) is 2.94. The number of hydrogen-bond acceptors (Lipinski definition) is 3. The topological polar surface area (TPSA) is 29.3 Å². The van der Waals surface area contributed by atoms with Gasteiger partial charge in [0.25, 0.3) is 0 Å². The molecule has 1 fully saturated rings. The molecule has 2 rings (SSSR count). The van der Waals surface area contributed by atoms with Crippen molar-refractivity contribution in [2.75, 3.05) is 25.1 Å². The largest absolute Gasteiger partial charge is 0.329 e. The maximum atomic E-state index is 6.05. The fraction of sp³-hybridized carbons (Fsp3) is 0.600. The van der Waals surface area contributed by atoms with Crippen LogP contribution in [0.15, 0.2) is 24.3 Å². The molecule has 1 aromatic rings. The molecule has 2 nitrogen and oxygen atoms in total. The minimum Gasteiger partial charge on any atom is -0.329 e. The molecule has 0 aliphatic carbocycles. The third-order valence-corrected chi connectivity index (χ3v) is 5.14. The molecular weight excluding hydrogens is 240 g/mol. The molecule has 0 spiro atoms. The van der Waals surface area contributed by atoms with Crippen LogP contribution in [0.25, 0.3) is 0 Å². The summed E-state index contributed by atoms with van der Waals surface area (Å²) in [5.41, 5.74) is 8.90. The summed E-state index contributed by atoms with van der Waals surface area (Å²) in [5.74, 6) is 2.54. The van der Waals surface area contributed by atoms with Gasteiger partial charge in [-0.25, -0.2) is 0 Å². The Hall–Kier alpha value is -0.510. The summed E-state index contributed by atoms with van der Waals surface area (Å²) in [4.78, 5) is 2.49. The minimum absolute atomic E-state index is 0.366. The van der Waals surface area contributed by atoms with E-state index in [1.54, 1.807) is 0 Å². The number of hydrogen-bond donors (Lipinski definition) is 1. The summed E-state index contributed by atoms with van der Waals surface area (Å²) in [6.07, 6.45) is 2.38. The average molecular weight is 264 g/mol. The van der Waals surface area contributed by atoms with E-state index >= 15 is 0 Å². The second-order valence-corrected chi connectivity index (χ2v) is 6.14. The lowest BCUT2D eigenvalue weighted by molar-refractivity contribution is 0.192. The van der Waals surface area contributed by atoms with E-state index in [-0.39, 0.29) is 0 Å². The summed E-state index contributed by atoms with van der Waals surface area (Å²) in [7, 11) is 2.24. The van der Waals surface area contributed by atoms with Crippen molar-refractivity contribution in [3.63, 3.8) is 0 Å². The molecule has 1 aromatic carbocycles. The molecule has 3 heteroatoms. The van der Waals surface area contributed by atoms with Crippen molar-refractivity contribution >= 4 is 11.8 Å². The normalized spacial score (nSPS) is 21.4. The lowest BCUT2D eigenvalue weighted by Crippen LogP contribution is -2.39. The second kappa shape index (κ2) is 6.60. The first-order valence-electron chi connectivity index (χ1n) is 6.85. The number of likely N-dealkylation sites (N-methyl/N-ethyl adjacent to an activating group) is 1. The van der Waals surface area contributed by atoms with Gasteiger partial charge in [0.05, 0.1) is 0 Å². The summed E-state index contributed by atoms with van der Waals surface area (Å²) >= 11 is 2.06. The van der Waals surface area contributed by atoms with Crippen molar-refractivity contribution in [3.8, 4) is 0 Å². The Morgan fingerprint density at radius 2 is 2.22 bits per heavy atom. The Labute approximate surface area is 115 Å². The predicted octanol–water partition coefficient (Wildman–Crippen LogP) is 2.69. The van der Waals surface area contributed by atoms with Crippen molar-refractivity contribution in [3.05, 3.63) is 35.4 Å². The Morgan fingerprint density at radius 3 is 2.83 bits per heavy atom. The molecule has 2 atom stereocenters. The van der Waals surface area contributed by atoms with Crippen LogP contribution in [0.1, 0.15) is 30.5 Å². The van der Waals surface area contributed by atoms with Crippen molar-refractivity contribution < 1.29 is 0 Å². The fourth-order valence-electron chi connectivity index (χ4n) is 2.79. The molecule has 1 saturated heterocycles. The zero-order valence-corrected chi connectivity index (χ0v) is 12.2. The summed E-state index contributed by atoms with van der Waals surface area (Å²) in [5, 5.41) is 0. The molecule has 0 bridgehead atoms. The van der Waals surface area contributed by atoms with Gasteiger partial charge < -0.3 is 5.73 Å². The molecule has 2 N–H and O–H groups in total.